The molecule has 7 nitrogen and oxygen atoms in total. The Balaban J connectivity index is 2.03. The van der Waals surface area contributed by atoms with Crippen LogP contribution in [-0.4, -0.2) is 54.8 Å². The van der Waals surface area contributed by atoms with Crippen molar-refractivity contribution in [1.29, 1.82) is 0 Å². The normalized spacial score (nSPS) is 31.2. The number of hydrogen-bond acceptors (Lipinski definition) is 6. The molecule has 0 amide bonds. The third-order valence-electron chi connectivity index (χ3n) is 3.22. The van der Waals surface area contributed by atoms with Crippen molar-refractivity contribution in [2.24, 2.45) is 0 Å². The third kappa shape index (κ3) is 1.99. The maximum atomic E-state index is 9.98. The summed E-state index contributed by atoms with van der Waals surface area (Å²) < 4.78 is 7.00. The van der Waals surface area contributed by atoms with E-state index < -0.39 is 24.5 Å². The van der Waals surface area contributed by atoms with Gasteiger partial charge in [-0.25, -0.2) is 4.98 Å². The van der Waals surface area contributed by atoms with E-state index in [1.807, 2.05) is 0 Å². The average Bonchev–Trinajstić information content (AvgIpc) is 2.92. The molecule has 102 valence electrons. The summed E-state index contributed by atoms with van der Waals surface area (Å²) in [5.41, 5.74) is 0.495. The highest BCUT2D eigenvalue weighted by atomic mass is 35.5. The fourth-order valence-electron chi connectivity index (χ4n) is 2.23. The Morgan fingerprint density at radius 2 is 2.16 bits per heavy atom. The summed E-state index contributed by atoms with van der Waals surface area (Å²) in [5.74, 6) is 0. The summed E-state index contributed by atoms with van der Waals surface area (Å²) in [4.78, 5) is 7.93. The summed E-state index contributed by atoms with van der Waals surface area (Å²) in [7, 11) is 0. The zero-order chi connectivity index (χ0) is 13.6. The lowest BCUT2D eigenvalue weighted by atomic mass is 10.1. The highest BCUT2D eigenvalue weighted by Crippen LogP contribution is 2.31. The smallest absolute Gasteiger partial charge is 0.224 e. The van der Waals surface area contributed by atoms with Crippen LogP contribution in [-0.2, 0) is 4.74 Å². The van der Waals surface area contributed by atoms with Gasteiger partial charge in [-0.3, -0.25) is 0 Å². The fourth-order valence-corrected chi connectivity index (χ4v) is 2.36. The topological polar surface area (TPSA) is 101 Å². The van der Waals surface area contributed by atoms with Gasteiger partial charge in [0.1, 0.15) is 24.0 Å². The molecule has 0 saturated carbocycles. The van der Waals surface area contributed by atoms with Crippen molar-refractivity contribution in [3.05, 3.63) is 23.7 Å². The van der Waals surface area contributed by atoms with Crippen LogP contribution in [0.1, 0.15) is 6.23 Å². The van der Waals surface area contributed by atoms with E-state index in [2.05, 4.69) is 9.97 Å². The lowest BCUT2D eigenvalue weighted by Crippen LogP contribution is -2.33. The summed E-state index contributed by atoms with van der Waals surface area (Å²) in [6.07, 6.45) is -0.727. The van der Waals surface area contributed by atoms with Crippen molar-refractivity contribution in [1.82, 2.24) is 14.5 Å². The lowest BCUT2D eigenvalue weighted by Gasteiger charge is -2.17. The van der Waals surface area contributed by atoms with E-state index in [1.165, 1.54) is 0 Å². The highest BCUT2D eigenvalue weighted by Gasteiger charge is 2.43. The van der Waals surface area contributed by atoms with Crippen LogP contribution in [0.15, 0.2) is 18.5 Å². The first-order chi connectivity index (χ1) is 9.11. The van der Waals surface area contributed by atoms with Gasteiger partial charge in [-0.15, -0.1) is 0 Å². The molecular formula is C11H12ClN3O4. The summed E-state index contributed by atoms with van der Waals surface area (Å²) in [6, 6.07) is 1.75. The first-order valence-electron chi connectivity index (χ1n) is 5.73. The second-order valence-corrected chi connectivity index (χ2v) is 4.71. The standard InChI is InChI=1S/C11H12ClN3O4/c12-11-13-3-5-1-2-15(9(5)14-11)10-8(18)7(17)6(4-16)19-10/h1-3,6-8,10,16-18H,4H2/t6-,7-,8-,10?/m1/s1. The largest absolute Gasteiger partial charge is 0.394 e. The molecular weight excluding hydrogens is 274 g/mol. The van der Waals surface area contributed by atoms with Crippen molar-refractivity contribution < 1.29 is 20.1 Å². The van der Waals surface area contributed by atoms with Gasteiger partial charge >= 0.3 is 0 Å². The Bertz CT molecular complexity index is 605. The Kier molecular flexibility index (Phi) is 3.15. The van der Waals surface area contributed by atoms with Gasteiger partial charge in [-0.2, -0.15) is 4.98 Å². The van der Waals surface area contributed by atoms with E-state index in [-0.39, 0.29) is 11.9 Å². The van der Waals surface area contributed by atoms with Crippen molar-refractivity contribution in [3.63, 3.8) is 0 Å². The molecule has 3 heterocycles. The fraction of sp³-hybridized carbons (Fsp3) is 0.455. The summed E-state index contributed by atoms with van der Waals surface area (Å²) in [6.45, 7) is -0.371. The Hall–Kier alpha value is -1.25. The van der Waals surface area contributed by atoms with E-state index in [0.717, 1.165) is 5.39 Å². The van der Waals surface area contributed by atoms with Gasteiger partial charge in [-0.05, 0) is 17.7 Å². The molecule has 1 fully saturated rings. The van der Waals surface area contributed by atoms with Gasteiger partial charge in [0.05, 0.1) is 6.61 Å². The van der Waals surface area contributed by atoms with Crippen molar-refractivity contribution in [2.75, 3.05) is 6.61 Å². The third-order valence-corrected chi connectivity index (χ3v) is 3.40. The summed E-state index contributed by atoms with van der Waals surface area (Å²) >= 11 is 5.75. The van der Waals surface area contributed by atoms with Crippen molar-refractivity contribution >= 4 is 22.6 Å². The quantitative estimate of drug-likeness (QED) is 0.655. The number of fused-ring (bicyclic) bond motifs is 1. The van der Waals surface area contributed by atoms with Gasteiger partial charge in [0, 0.05) is 17.8 Å². The van der Waals surface area contributed by atoms with E-state index >= 15 is 0 Å². The molecule has 0 bridgehead atoms. The first-order valence-corrected chi connectivity index (χ1v) is 6.11. The van der Waals surface area contributed by atoms with Crippen LogP contribution in [0.3, 0.4) is 0 Å². The van der Waals surface area contributed by atoms with Crippen LogP contribution in [0.4, 0.5) is 0 Å². The van der Waals surface area contributed by atoms with Gasteiger partial charge in [0.15, 0.2) is 6.23 Å². The van der Waals surface area contributed by atoms with E-state index in [1.54, 1.807) is 23.0 Å². The molecule has 1 unspecified atom stereocenters. The molecule has 4 atom stereocenters. The van der Waals surface area contributed by atoms with E-state index in [0.29, 0.717) is 5.65 Å². The predicted octanol–water partition coefficient (Wildman–Crippen LogP) is -0.304. The predicted molar refractivity (Wildman–Crippen MR) is 65.5 cm³/mol. The van der Waals surface area contributed by atoms with E-state index in [4.69, 9.17) is 21.4 Å². The van der Waals surface area contributed by atoms with Gasteiger partial charge < -0.3 is 24.6 Å². The minimum atomic E-state index is -1.15. The lowest BCUT2D eigenvalue weighted by molar-refractivity contribution is -0.0508. The Morgan fingerprint density at radius 1 is 1.37 bits per heavy atom. The van der Waals surface area contributed by atoms with E-state index in [9.17, 15) is 10.2 Å². The highest BCUT2D eigenvalue weighted by molar-refractivity contribution is 6.28. The van der Waals surface area contributed by atoms with Crippen LogP contribution in [0.5, 0.6) is 0 Å². The first kappa shape index (κ1) is 12.8. The van der Waals surface area contributed by atoms with Crippen molar-refractivity contribution in [2.45, 2.75) is 24.5 Å². The SMILES string of the molecule is OC[C@H]1OC(n2ccc3cnc(Cl)nc32)[C@H](O)[C@@H]1O. The number of aliphatic hydroxyl groups is 3. The maximum absolute atomic E-state index is 9.98. The second-order valence-electron chi connectivity index (χ2n) is 4.37. The van der Waals surface area contributed by atoms with Gasteiger partial charge in [-0.1, -0.05) is 0 Å². The monoisotopic (exact) mass is 285 g/mol. The Morgan fingerprint density at radius 3 is 2.84 bits per heavy atom. The number of nitrogens with zero attached hydrogens (tertiary/aromatic N) is 3. The number of ether oxygens (including phenoxy) is 1. The van der Waals surface area contributed by atoms with Gasteiger partial charge in [0.2, 0.25) is 5.28 Å². The number of halogens is 1. The number of aliphatic hydroxyl groups excluding tert-OH is 3. The molecule has 1 aliphatic heterocycles. The number of aromatic nitrogens is 3. The molecule has 19 heavy (non-hydrogen) atoms. The molecule has 2 aromatic heterocycles. The number of hydrogen-bond donors (Lipinski definition) is 3. The molecule has 3 N–H and O–H groups in total. The van der Waals surface area contributed by atoms with Crippen LogP contribution in [0, 0.1) is 0 Å². The summed E-state index contributed by atoms with van der Waals surface area (Å²) in [5, 5.41) is 29.6. The minimum absolute atomic E-state index is 0.0826. The molecule has 1 aliphatic rings. The molecule has 8 heteroatoms. The molecule has 3 rings (SSSR count). The van der Waals surface area contributed by atoms with Crippen LogP contribution in [0.2, 0.25) is 5.28 Å². The number of rotatable bonds is 2. The molecule has 0 aromatic carbocycles. The molecule has 1 saturated heterocycles. The van der Waals surface area contributed by atoms with Crippen LogP contribution < -0.4 is 0 Å². The zero-order valence-electron chi connectivity index (χ0n) is 9.72. The minimum Gasteiger partial charge on any atom is -0.394 e. The van der Waals surface area contributed by atoms with Gasteiger partial charge in [0.25, 0.3) is 0 Å². The van der Waals surface area contributed by atoms with Crippen LogP contribution >= 0.6 is 11.6 Å². The van der Waals surface area contributed by atoms with Crippen molar-refractivity contribution in [3.8, 4) is 0 Å². The molecule has 0 aliphatic carbocycles. The second kappa shape index (κ2) is 4.69. The van der Waals surface area contributed by atoms with Crippen LogP contribution in [0.25, 0.3) is 11.0 Å². The molecule has 0 radical (unpaired) electrons. The average molecular weight is 286 g/mol. The molecule has 2 aromatic rings. The zero-order valence-corrected chi connectivity index (χ0v) is 10.5. The Labute approximate surface area is 113 Å². The molecule has 0 spiro atoms. The maximum Gasteiger partial charge on any atom is 0.224 e.